The number of anilines is 1. The molecule has 1 fully saturated rings. The quantitative estimate of drug-likeness (QED) is 0.804. The van der Waals surface area contributed by atoms with Gasteiger partial charge >= 0.3 is 6.18 Å². The lowest BCUT2D eigenvalue weighted by Crippen LogP contribution is -2.42. The van der Waals surface area contributed by atoms with E-state index in [-0.39, 0.29) is 24.7 Å². The Labute approximate surface area is 151 Å². The molecule has 1 aliphatic rings. The standard InChI is InChI=1S/C17H23F3N2O3S/c1-26(24,25)22(15-8-3-2-4-9-15)11-10-16(23)21-14-7-5-6-13(12-14)17(18,19)20/h5-7,12,15H,2-4,8-11H2,1H3,(H,21,23). The summed E-state index contributed by atoms with van der Waals surface area (Å²) in [5, 5.41) is 2.40. The molecule has 1 saturated carbocycles. The van der Waals surface area contributed by atoms with Crippen LogP contribution in [0.25, 0.3) is 0 Å². The minimum absolute atomic E-state index is 0.0221. The van der Waals surface area contributed by atoms with Crippen molar-refractivity contribution in [2.45, 2.75) is 50.7 Å². The highest BCUT2D eigenvalue weighted by Gasteiger charge is 2.31. The van der Waals surface area contributed by atoms with Crippen LogP contribution in [-0.2, 0) is 21.0 Å². The summed E-state index contributed by atoms with van der Waals surface area (Å²) in [4.78, 5) is 12.1. The van der Waals surface area contributed by atoms with E-state index >= 15 is 0 Å². The Bertz CT molecular complexity index is 729. The maximum atomic E-state index is 12.7. The highest BCUT2D eigenvalue weighted by molar-refractivity contribution is 7.88. The molecule has 9 heteroatoms. The van der Waals surface area contributed by atoms with Crippen molar-refractivity contribution in [3.05, 3.63) is 29.8 Å². The molecule has 26 heavy (non-hydrogen) atoms. The Morgan fingerprint density at radius 2 is 1.88 bits per heavy atom. The van der Waals surface area contributed by atoms with Gasteiger partial charge < -0.3 is 5.32 Å². The van der Waals surface area contributed by atoms with Crippen LogP contribution in [0.3, 0.4) is 0 Å². The maximum absolute atomic E-state index is 12.7. The number of alkyl halides is 3. The number of sulfonamides is 1. The van der Waals surface area contributed by atoms with Gasteiger partial charge in [-0.05, 0) is 31.0 Å². The Kier molecular flexibility index (Phi) is 6.68. The zero-order valence-electron chi connectivity index (χ0n) is 14.6. The van der Waals surface area contributed by atoms with E-state index < -0.39 is 27.7 Å². The Balaban J connectivity index is 1.98. The summed E-state index contributed by atoms with van der Waals surface area (Å²) in [6.07, 6.45) is 1.02. The van der Waals surface area contributed by atoms with Crippen molar-refractivity contribution >= 4 is 21.6 Å². The van der Waals surface area contributed by atoms with E-state index in [0.29, 0.717) is 0 Å². The average molecular weight is 392 g/mol. The molecule has 0 saturated heterocycles. The first-order valence-electron chi connectivity index (χ1n) is 8.51. The largest absolute Gasteiger partial charge is 0.416 e. The van der Waals surface area contributed by atoms with E-state index in [0.717, 1.165) is 50.5 Å². The van der Waals surface area contributed by atoms with Crippen LogP contribution >= 0.6 is 0 Å². The molecule has 0 heterocycles. The van der Waals surface area contributed by atoms with E-state index in [4.69, 9.17) is 0 Å². The highest BCUT2D eigenvalue weighted by Crippen LogP contribution is 2.30. The summed E-state index contributed by atoms with van der Waals surface area (Å²) < 4.78 is 63.5. The van der Waals surface area contributed by atoms with Crippen molar-refractivity contribution in [1.29, 1.82) is 0 Å². The van der Waals surface area contributed by atoms with Gasteiger partial charge in [0.1, 0.15) is 0 Å². The van der Waals surface area contributed by atoms with Crippen LogP contribution in [0.2, 0.25) is 0 Å². The third-order valence-corrected chi connectivity index (χ3v) is 5.77. The molecular formula is C17H23F3N2O3S. The first-order valence-corrected chi connectivity index (χ1v) is 10.4. The van der Waals surface area contributed by atoms with E-state index in [1.54, 1.807) is 0 Å². The van der Waals surface area contributed by atoms with Crippen LogP contribution < -0.4 is 5.32 Å². The molecule has 146 valence electrons. The fraction of sp³-hybridized carbons (Fsp3) is 0.588. The number of carbonyl (C=O) groups is 1. The van der Waals surface area contributed by atoms with Gasteiger partial charge in [-0.15, -0.1) is 0 Å². The molecule has 2 rings (SSSR count). The number of hydrogen-bond acceptors (Lipinski definition) is 3. The number of amides is 1. The van der Waals surface area contributed by atoms with Gasteiger partial charge in [0.25, 0.3) is 0 Å². The second kappa shape index (κ2) is 8.39. The number of rotatable bonds is 6. The van der Waals surface area contributed by atoms with Gasteiger partial charge in [-0.1, -0.05) is 25.3 Å². The Morgan fingerprint density at radius 1 is 1.23 bits per heavy atom. The van der Waals surface area contributed by atoms with Gasteiger partial charge in [-0.25, -0.2) is 8.42 Å². The molecule has 0 spiro atoms. The topological polar surface area (TPSA) is 66.5 Å². The zero-order chi connectivity index (χ0) is 19.4. The monoisotopic (exact) mass is 392 g/mol. The second-order valence-corrected chi connectivity index (χ2v) is 8.48. The van der Waals surface area contributed by atoms with Crippen LogP contribution in [0, 0.1) is 0 Å². The lowest BCUT2D eigenvalue weighted by molar-refractivity contribution is -0.137. The van der Waals surface area contributed by atoms with Crippen LogP contribution in [0.15, 0.2) is 24.3 Å². The van der Waals surface area contributed by atoms with E-state index in [2.05, 4.69) is 5.32 Å². The molecule has 5 nitrogen and oxygen atoms in total. The average Bonchev–Trinajstić information content (AvgIpc) is 2.54. The van der Waals surface area contributed by atoms with E-state index in [1.165, 1.54) is 16.4 Å². The molecule has 0 aliphatic heterocycles. The van der Waals surface area contributed by atoms with Crippen LogP contribution in [0.4, 0.5) is 18.9 Å². The van der Waals surface area contributed by atoms with Gasteiger partial charge in [0.05, 0.1) is 11.8 Å². The molecule has 1 N–H and O–H groups in total. The van der Waals surface area contributed by atoms with Crippen LogP contribution in [0.5, 0.6) is 0 Å². The number of hydrogen-bond donors (Lipinski definition) is 1. The molecule has 0 radical (unpaired) electrons. The number of nitrogens with one attached hydrogen (secondary N) is 1. The zero-order valence-corrected chi connectivity index (χ0v) is 15.4. The predicted octanol–water partition coefficient (Wildman–Crippen LogP) is 3.63. The van der Waals surface area contributed by atoms with E-state index in [1.807, 2.05) is 0 Å². The molecule has 0 aromatic heterocycles. The molecular weight excluding hydrogens is 369 g/mol. The number of carbonyl (C=O) groups excluding carboxylic acids is 1. The van der Waals surface area contributed by atoms with Gasteiger partial charge in [-0.2, -0.15) is 17.5 Å². The molecule has 1 aliphatic carbocycles. The summed E-state index contributed by atoms with van der Waals surface area (Å²) in [6.45, 7) is 0.0221. The normalized spacial score (nSPS) is 16.7. The van der Waals surface area contributed by atoms with Crippen molar-refractivity contribution in [3.8, 4) is 0 Å². The van der Waals surface area contributed by atoms with Gasteiger partial charge in [0.15, 0.2) is 0 Å². The lowest BCUT2D eigenvalue weighted by atomic mass is 9.95. The number of nitrogens with zero attached hydrogens (tertiary/aromatic N) is 1. The van der Waals surface area contributed by atoms with E-state index in [9.17, 15) is 26.4 Å². The summed E-state index contributed by atoms with van der Waals surface area (Å²) >= 11 is 0. The third-order valence-electron chi connectivity index (χ3n) is 4.44. The van der Waals surface area contributed by atoms with Crippen molar-refractivity contribution in [2.75, 3.05) is 18.1 Å². The number of benzene rings is 1. The van der Waals surface area contributed by atoms with Gasteiger partial charge in [-0.3, -0.25) is 4.79 Å². The number of halogens is 3. The fourth-order valence-electron chi connectivity index (χ4n) is 3.20. The van der Waals surface area contributed by atoms with Crippen molar-refractivity contribution < 1.29 is 26.4 Å². The summed E-state index contributed by atoms with van der Waals surface area (Å²) in [7, 11) is -3.45. The third kappa shape index (κ3) is 5.98. The minimum atomic E-state index is -4.49. The van der Waals surface area contributed by atoms with Gasteiger partial charge in [0.2, 0.25) is 15.9 Å². The summed E-state index contributed by atoms with van der Waals surface area (Å²) in [6, 6.07) is 4.24. The summed E-state index contributed by atoms with van der Waals surface area (Å²) in [5.74, 6) is -0.520. The molecule has 1 aromatic rings. The minimum Gasteiger partial charge on any atom is -0.326 e. The molecule has 1 aromatic carbocycles. The molecule has 0 bridgehead atoms. The molecule has 0 atom stereocenters. The fourth-order valence-corrected chi connectivity index (χ4v) is 4.37. The van der Waals surface area contributed by atoms with Crippen molar-refractivity contribution in [2.24, 2.45) is 0 Å². The summed E-state index contributed by atoms with van der Waals surface area (Å²) in [5.41, 5.74) is -0.816. The molecule has 1 amide bonds. The first kappa shape index (κ1) is 20.7. The SMILES string of the molecule is CS(=O)(=O)N(CCC(=O)Nc1cccc(C(F)(F)F)c1)C1CCCCC1. The van der Waals surface area contributed by atoms with Crippen molar-refractivity contribution in [3.63, 3.8) is 0 Å². The predicted molar refractivity (Wildman–Crippen MR) is 93.1 cm³/mol. The van der Waals surface area contributed by atoms with Gasteiger partial charge in [0, 0.05) is 24.7 Å². The van der Waals surface area contributed by atoms with Crippen LogP contribution in [0.1, 0.15) is 44.1 Å². The lowest BCUT2D eigenvalue weighted by Gasteiger charge is -2.32. The second-order valence-electron chi connectivity index (χ2n) is 6.54. The maximum Gasteiger partial charge on any atom is 0.416 e. The Morgan fingerprint density at radius 3 is 2.46 bits per heavy atom. The van der Waals surface area contributed by atoms with Crippen molar-refractivity contribution in [1.82, 2.24) is 4.31 Å². The highest BCUT2D eigenvalue weighted by atomic mass is 32.2. The first-order chi connectivity index (χ1) is 12.1. The molecule has 0 unspecified atom stereocenters. The smallest absolute Gasteiger partial charge is 0.326 e. The van der Waals surface area contributed by atoms with Crippen LogP contribution in [-0.4, -0.2) is 37.5 Å². The Hall–Kier alpha value is -1.61.